The molecule has 1 aromatic carbocycles. The van der Waals surface area contributed by atoms with Crippen LogP contribution < -0.4 is 10.5 Å². The predicted molar refractivity (Wildman–Crippen MR) is 69.8 cm³/mol. The number of methoxy groups -OCH3 is 1. The summed E-state index contributed by atoms with van der Waals surface area (Å²) in [6, 6.07) is 5.74. The van der Waals surface area contributed by atoms with Crippen LogP contribution >= 0.6 is 0 Å². The van der Waals surface area contributed by atoms with Crippen LogP contribution in [0.2, 0.25) is 0 Å². The van der Waals surface area contributed by atoms with E-state index < -0.39 is 0 Å². The van der Waals surface area contributed by atoms with Crippen LogP contribution in [0.15, 0.2) is 22.6 Å². The number of benzene rings is 1. The van der Waals surface area contributed by atoms with Crippen molar-refractivity contribution in [2.24, 2.45) is 5.73 Å². The molecule has 1 aromatic heterocycles. The lowest BCUT2D eigenvalue weighted by Gasteiger charge is -2.22. The van der Waals surface area contributed by atoms with Crippen LogP contribution in [-0.4, -0.2) is 18.6 Å². The Bertz CT molecular complexity index is 556. The molecule has 3 rings (SSSR count). The fourth-order valence-corrected chi connectivity index (χ4v) is 2.87. The van der Waals surface area contributed by atoms with Crippen molar-refractivity contribution in [2.45, 2.75) is 31.1 Å². The van der Waals surface area contributed by atoms with Crippen LogP contribution in [0.25, 0.3) is 11.1 Å². The summed E-state index contributed by atoms with van der Waals surface area (Å²) in [6.45, 7) is 0.599. The van der Waals surface area contributed by atoms with Gasteiger partial charge in [-0.05, 0) is 25.0 Å². The van der Waals surface area contributed by atoms with E-state index >= 15 is 0 Å². The first-order valence-corrected chi connectivity index (χ1v) is 6.43. The molecule has 4 nitrogen and oxygen atoms in total. The lowest BCUT2D eigenvalue weighted by molar-refractivity contribution is 0.344. The molecule has 0 amide bonds. The van der Waals surface area contributed by atoms with E-state index in [1.54, 1.807) is 7.11 Å². The average molecular weight is 246 g/mol. The molecule has 96 valence electrons. The average Bonchev–Trinajstić information content (AvgIpc) is 3.04. The van der Waals surface area contributed by atoms with Crippen molar-refractivity contribution < 1.29 is 9.15 Å². The molecule has 0 saturated heterocycles. The zero-order valence-corrected chi connectivity index (χ0v) is 10.6. The van der Waals surface area contributed by atoms with Gasteiger partial charge in [0, 0.05) is 6.54 Å². The van der Waals surface area contributed by atoms with Crippen LogP contribution in [0.4, 0.5) is 0 Å². The summed E-state index contributed by atoms with van der Waals surface area (Å²) in [5.41, 5.74) is 7.48. The van der Waals surface area contributed by atoms with Crippen molar-refractivity contribution in [3.8, 4) is 5.75 Å². The zero-order chi connectivity index (χ0) is 12.6. The molecule has 1 saturated carbocycles. The van der Waals surface area contributed by atoms with E-state index in [0.29, 0.717) is 6.54 Å². The number of aromatic nitrogens is 1. The highest BCUT2D eigenvalue weighted by atomic mass is 16.5. The van der Waals surface area contributed by atoms with Crippen molar-refractivity contribution in [1.29, 1.82) is 0 Å². The lowest BCUT2D eigenvalue weighted by atomic mass is 9.86. The summed E-state index contributed by atoms with van der Waals surface area (Å²) in [5.74, 6) is 1.54. The molecule has 0 aliphatic heterocycles. The van der Waals surface area contributed by atoms with Gasteiger partial charge in [-0.2, -0.15) is 0 Å². The Morgan fingerprint density at radius 1 is 1.39 bits per heavy atom. The number of fused-ring (bicyclic) bond motifs is 1. The molecule has 1 heterocycles. The molecular formula is C14H18N2O2. The maximum atomic E-state index is 5.96. The third-order valence-electron chi connectivity index (χ3n) is 4.01. The molecule has 1 fully saturated rings. The number of hydrogen-bond donors (Lipinski definition) is 1. The first-order valence-electron chi connectivity index (χ1n) is 6.43. The van der Waals surface area contributed by atoms with E-state index in [1.165, 1.54) is 12.8 Å². The van der Waals surface area contributed by atoms with Gasteiger partial charge in [-0.25, -0.2) is 4.98 Å². The summed E-state index contributed by atoms with van der Waals surface area (Å²) in [5, 5.41) is 0. The van der Waals surface area contributed by atoms with Gasteiger partial charge in [0.1, 0.15) is 5.75 Å². The van der Waals surface area contributed by atoms with Crippen molar-refractivity contribution >= 4 is 11.1 Å². The Kier molecular flexibility index (Phi) is 2.74. The molecule has 0 atom stereocenters. The maximum absolute atomic E-state index is 5.96. The van der Waals surface area contributed by atoms with Gasteiger partial charge in [0.25, 0.3) is 0 Å². The van der Waals surface area contributed by atoms with Gasteiger partial charge in [-0.1, -0.05) is 18.9 Å². The largest absolute Gasteiger partial charge is 0.494 e. The third-order valence-corrected chi connectivity index (χ3v) is 4.01. The van der Waals surface area contributed by atoms with Crippen LogP contribution in [0.1, 0.15) is 31.6 Å². The van der Waals surface area contributed by atoms with Crippen molar-refractivity contribution in [3.05, 3.63) is 24.1 Å². The Balaban J connectivity index is 2.13. The quantitative estimate of drug-likeness (QED) is 0.904. The monoisotopic (exact) mass is 246 g/mol. The minimum Gasteiger partial charge on any atom is -0.494 e. The summed E-state index contributed by atoms with van der Waals surface area (Å²) < 4.78 is 11.2. The molecule has 2 N–H and O–H groups in total. The fourth-order valence-electron chi connectivity index (χ4n) is 2.87. The lowest BCUT2D eigenvalue weighted by Crippen LogP contribution is -2.32. The molecule has 18 heavy (non-hydrogen) atoms. The first-order chi connectivity index (χ1) is 8.79. The number of oxazole rings is 1. The topological polar surface area (TPSA) is 61.3 Å². The Morgan fingerprint density at radius 3 is 2.83 bits per heavy atom. The highest BCUT2D eigenvalue weighted by Crippen LogP contribution is 2.41. The van der Waals surface area contributed by atoms with E-state index in [9.17, 15) is 0 Å². The summed E-state index contributed by atoms with van der Waals surface area (Å²) >= 11 is 0. The normalized spacial score (nSPS) is 18.3. The van der Waals surface area contributed by atoms with Crippen LogP contribution in [-0.2, 0) is 5.41 Å². The minimum absolute atomic E-state index is 0.0654. The maximum Gasteiger partial charge on any atom is 0.203 e. The number of nitrogens with zero attached hydrogens (tertiary/aromatic N) is 1. The van der Waals surface area contributed by atoms with E-state index in [4.69, 9.17) is 14.9 Å². The second kappa shape index (κ2) is 4.28. The van der Waals surface area contributed by atoms with Gasteiger partial charge >= 0.3 is 0 Å². The Morgan fingerprint density at radius 2 is 2.17 bits per heavy atom. The van der Waals surface area contributed by atoms with Crippen LogP contribution in [0.3, 0.4) is 0 Å². The van der Waals surface area contributed by atoms with Crippen molar-refractivity contribution in [3.63, 3.8) is 0 Å². The number of ether oxygens (including phenoxy) is 1. The fraction of sp³-hybridized carbons (Fsp3) is 0.500. The van der Waals surface area contributed by atoms with Gasteiger partial charge in [-0.15, -0.1) is 0 Å². The summed E-state index contributed by atoms with van der Waals surface area (Å²) in [6.07, 6.45) is 4.54. The second-order valence-electron chi connectivity index (χ2n) is 5.02. The van der Waals surface area contributed by atoms with Crippen molar-refractivity contribution in [1.82, 2.24) is 4.98 Å². The predicted octanol–water partition coefficient (Wildman–Crippen LogP) is 2.61. The van der Waals surface area contributed by atoms with Crippen LogP contribution in [0.5, 0.6) is 5.75 Å². The summed E-state index contributed by atoms with van der Waals surface area (Å²) in [7, 11) is 1.65. The Hall–Kier alpha value is -1.55. The van der Waals surface area contributed by atoms with E-state index in [-0.39, 0.29) is 5.41 Å². The number of nitrogens with two attached hydrogens (primary N) is 1. The van der Waals surface area contributed by atoms with Gasteiger partial charge in [0.15, 0.2) is 11.1 Å². The first kappa shape index (κ1) is 11.5. The molecule has 1 aliphatic carbocycles. The van der Waals surface area contributed by atoms with E-state index in [2.05, 4.69) is 4.98 Å². The second-order valence-corrected chi connectivity index (χ2v) is 5.02. The molecule has 4 heteroatoms. The van der Waals surface area contributed by atoms with Gasteiger partial charge in [-0.3, -0.25) is 0 Å². The van der Waals surface area contributed by atoms with Gasteiger partial charge < -0.3 is 14.9 Å². The molecule has 0 radical (unpaired) electrons. The third kappa shape index (κ3) is 1.60. The zero-order valence-electron chi connectivity index (χ0n) is 10.6. The SMILES string of the molecule is COc1cccc2oc(C3(CN)CCCC3)nc12. The molecule has 0 unspecified atom stereocenters. The van der Waals surface area contributed by atoms with Gasteiger partial charge in [0.2, 0.25) is 5.89 Å². The molecular weight excluding hydrogens is 228 g/mol. The summed E-state index contributed by atoms with van der Waals surface area (Å²) in [4.78, 5) is 4.64. The molecule has 1 aliphatic rings. The van der Waals surface area contributed by atoms with Crippen molar-refractivity contribution in [2.75, 3.05) is 13.7 Å². The van der Waals surface area contributed by atoms with Crippen LogP contribution in [0, 0.1) is 0 Å². The molecule has 0 bridgehead atoms. The van der Waals surface area contributed by atoms with E-state index in [1.807, 2.05) is 18.2 Å². The van der Waals surface area contributed by atoms with Gasteiger partial charge in [0.05, 0.1) is 12.5 Å². The molecule has 2 aromatic rings. The molecule has 0 spiro atoms. The number of rotatable bonds is 3. The van der Waals surface area contributed by atoms with E-state index in [0.717, 1.165) is 35.6 Å². The highest BCUT2D eigenvalue weighted by molar-refractivity contribution is 5.79. The highest BCUT2D eigenvalue weighted by Gasteiger charge is 2.39. The standard InChI is InChI=1S/C14H18N2O2/c1-17-10-5-4-6-11-12(10)16-13(18-11)14(9-15)7-2-3-8-14/h4-6H,2-3,7-9,15H2,1H3. The Labute approximate surface area is 106 Å². The number of para-hydroxylation sites is 1. The minimum atomic E-state index is -0.0654. The smallest absolute Gasteiger partial charge is 0.203 e. The number of hydrogen-bond acceptors (Lipinski definition) is 4.